The maximum Gasteiger partial charge on any atom is 0.239 e. The van der Waals surface area contributed by atoms with Crippen molar-refractivity contribution in [3.8, 4) is 17.4 Å². The predicted molar refractivity (Wildman–Crippen MR) is 67.6 cm³/mol. The molecular formula is C13H15N3O2. The zero-order valence-corrected chi connectivity index (χ0v) is 10.2. The summed E-state index contributed by atoms with van der Waals surface area (Å²) in [6.45, 7) is 2.87. The van der Waals surface area contributed by atoms with E-state index in [1.807, 2.05) is 31.2 Å². The summed E-state index contributed by atoms with van der Waals surface area (Å²) in [5, 5.41) is 7.87. The fraction of sp³-hybridized carbons (Fsp3) is 0.231. The average molecular weight is 245 g/mol. The zero-order chi connectivity index (χ0) is 12.8. The quantitative estimate of drug-likeness (QED) is 0.873. The highest BCUT2D eigenvalue weighted by molar-refractivity contribution is 5.41. The molecular weight excluding hydrogens is 230 g/mol. The molecule has 0 aliphatic rings. The Balaban J connectivity index is 2.17. The van der Waals surface area contributed by atoms with Crippen LogP contribution in [0.4, 0.5) is 0 Å². The van der Waals surface area contributed by atoms with E-state index in [1.54, 1.807) is 12.1 Å². The molecule has 2 rings (SSSR count). The third-order valence-corrected chi connectivity index (χ3v) is 2.27. The number of nitrogens with two attached hydrogens (primary N) is 1. The molecule has 1 aromatic heterocycles. The smallest absolute Gasteiger partial charge is 0.239 e. The van der Waals surface area contributed by atoms with Crippen molar-refractivity contribution in [3.63, 3.8) is 0 Å². The van der Waals surface area contributed by atoms with Crippen LogP contribution in [0.25, 0.3) is 0 Å². The Kier molecular flexibility index (Phi) is 4.09. The third-order valence-electron chi connectivity index (χ3n) is 2.27. The summed E-state index contributed by atoms with van der Waals surface area (Å²) in [6.07, 6.45) is 0. The Labute approximate surface area is 106 Å². The maximum absolute atomic E-state index is 5.62. The van der Waals surface area contributed by atoms with Crippen LogP contribution in [0.15, 0.2) is 36.4 Å². The minimum Gasteiger partial charge on any atom is -0.490 e. The lowest BCUT2D eigenvalue weighted by molar-refractivity contribution is 0.319. The zero-order valence-electron chi connectivity index (χ0n) is 10.2. The summed E-state index contributed by atoms with van der Waals surface area (Å²) in [7, 11) is 0. The molecule has 5 heteroatoms. The van der Waals surface area contributed by atoms with E-state index in [4.69, 9.17) is 15.2 Å². The van der Waals surface area contributed by atoms with Crippen LogP contribution in [-0.4, -0.2) is 16.8 Å². The summed E-state index contributed by atoms with van der Waals surface area (Å²) in [5.74, 6) is 1.72. The molecule has 0 radical (unpaired) electrons. The fourth-order valence-electron chi connectivity index (χ4n) is 1.43. The van der Waals surface area contributed by atoms with Gasteiger partial charge in [-0.3, -0.25) is 0 Å². The number of para-hydroxylation sites is 2. The van der Waals surface area contributed by atoms with E-state index in [-0.39, 0.29) is 0 Å². The lowest BCUT2D eigenvalue weighted by Gasteiger charge is -2.10. The van der Waals surface area contributed by atoms with Gasteiger partial charge in [-0.15, -0.1) is 5.10 Å². The number of ether oxygens (including phenoxy) is 2. The van der Waals surface area contributed by atoms with Crippen LogP contribution in [-0.2, 0) is 6.54 Å². The predicted octanol–water partition coefficient (Wildman–Crippen LogP) is 2.13. The summed E-state index contributed by atoms with van der Waals surface area (Å²) in [5.41, 5.74) is 6.18. The molecule has 0 bridgehead atoms. The molecule has 0 unspecified atom stereocenters. The first kappa shape index (κ1) is 12.3. The van der Waals surface area contributed by atoms with Gasteiger partial charge in [0.25, 0.3) is 0 Å². The van der Waals surface area contributed by atoms with Gasteiger partial charge in [-0.2, -0.15) is 5.10 Å². The molecule has 0 saturated heterocycles. The average Bonchev–Trinajstić information content (AvgIpc) is 2.42. The molecule has 0 aliphatic heterocycles. The number of hydrogen-bond acceptors (Lipinski definition) is 5. The Hall–Kier alpha value is -2.14. The van der Waals surface area contributed by atoms with Crippen LogP contribution in [0.2, 0.25) is 0 Å². The van der Waals surface area contributed by atoms with Crippen LogP contribution in [0, 0.1) is 0 Å². The van der Waals surface area contributed by atoms with E-state index >= 15 is 0 Å². The van der Waals surface area contributed by atoms with Crippen LogP contribution >= 0.6 is 0 Å². The van der Waals surface area contributed by atoms with Gasteiger partial charge in [0.05, 0.1) is 12.3 Å². The first-order valence-electron chi connectivity index (χ1n) is 5.76. The monoisotopic (exact) mass is 245 g/mol. The molecule has 2 N–H and O–H groups in total. The molecule has 1 heterocycles. The second-order valence-electron chi connectivity index (χ2n) is 3.55. The summed E-state index contributed by atoms with van der Waals surface area (Å²) >= 11 is 0. The number of hydrogen-bond donors (Lipinski definition) is 1. The highest BCUT2D eigenvalue weighted by atomic mass is 16.5. The second kappa shape index (κ2) is 5.97. The van der Waals surface area contributed by atoms with E-state index in [0.717, 1.165) is 5.69 Å². The Morgan fingerprint density at radius 1 is 1.06 bits per heavy atom. The molecule has 94 valence electrons. The Morgan fingerprint density at radius 2 is 1.83 bits per heavy atom. The van der Waals surface area contributed by atoms with Gasteiger partial charge in [-0.05, 0) is 25.1 Å². The summed E-state index contributed by atoms with van der Waals surface area (Å²) in [4.78, 5) is 0. The standard InChI is InChI=1S/C13H15N3O2/c1-2-17-11-5-3-4-6-12(11)18-13-8-7-10(9-14)15-16-13/h3-8H,2,9,14H2,1H3. The maximum atomic E-state index is 5.62. The number of benzene rings is 1. The molecule has 0 aliphatic carbocycles. The first-order chi connectivity index (χ1) is 8.83. The number of nitrogens with zero attached hydrogens (tertiary/aromatic N) is 2. The molecule has 2 aromatic rings. The summed E-state index contributed by atoms with van der Waals surface area (Å²) in [6, 6.07) is 11.0. The van der Waals surface area contributed by atoms with Gasteiger partial charge >= 0.3 is 0 Å². The molecule has 0 atom stereocenters. The molecule has 0 amide bonds. The van der Waals surface area contributed by atoms with Crippen LogP contribution in [0.5, 0.6) is 17.4 Å². The van der Waals surface area contributed by atoms with Crippen molar-refractivity contribution in [2.75, 3.05) is 6.61 Å². The van der Waals surface area contributed by atoms with E-state index in [0.29, 0.717) is 30.5 Å². The van der Waals surface area contributed by atoms with Crippen molar-refractivity contribution < 1.29 is 9.47 Å². The van der Waals surface area contributed by atoms with Gasteiger partial charge in [0.1, 0.15) is 0 Å². The third kappa shape index (κ3) is 2.95. The Morgan fingerprint density at radius 3 is 2.44 bits per heavy atom. The molecule has 0 saturated carbocycles. The van der Waals surface area contributed by atoms with Crippen molar-refractivity contribution >= 4 is 0 Å². The topological polar surface area (TPSA) is 70.3 Å². The lowest BCUT2D eigenvalue weighted by Crippen LogP contribution is -2.01. The minimum absolute atomic E-state index is 0.364. The highest BCUT2D eigenvalue weighted by Gasteiger charge is 2.06. The van der Waals surface area contributed by atoms with Gasteiger partial charge in [-0.25, -0.2) is 0 Å². The first-order valence-corrected chi connectivity index (χ1v) is 5.76. The van der Waals surface area contributed by atoms with Crippen molar-refractivity contribution in [3.05, 3.63) is 42.1 Å². The fourth-order valence-corrected chi connectivity index (χ4v) is 1.43. The summed E-state index contributed by atoms with van der Waals surface area (Å²) < 4.78 is 11.1. The van der Waals surface area contributed by atoms with Crippen molar-refractivity contribution in [2.24, 2.45) is 5.73 Å². The van der Waals surface area contributed by atoms with Crippen molar-refractivity contribution in [1.82, 2.24) is 10.2 Å². The Bertz CT molecular complexity index is 500. The lowest BCUT2D eigenvalue weighted by atomic mass is 10.3. The van der Waals surface area contributed by atoms with Crippen molar-refractivity contribution in [1.29, 1.82) is 0 Å². The van der Waals surface area contributed by atoms with E-state index in [1.165, 1.54) is 0 Å². The van der Waals surface area contributed by atoms with Crippen molar-refractivity contribution in [2.45, 2.75) is 13.5 Å². The van der Waals surface area contributed by atoms with E-state index < -0.39 is 0 Å². The van der Waals surface area contributed by atoms with Crippen LogP contribution in [0.3, 0.4) is 0 Å². The second-order valence-corrected chi connectivity index (χ2v) is 3.55. The van der Waals surface area contributed by atoms with Gasteiger partial charge in [-0.1, -0.05) is 12.1 Å². The van der Waals surface area contributed by atoms with Crippen LogP contribution < -0.4 is 15.2 Å². The molecule has 1 aromatic carbocycles. The number of rotatable bonds is 5. The highest BCUT2D eigenvalue weighted by Crippen LogP contribution is 2.29. The van der Waals surface area contributed by atoms with Gasteiger partial charge in [0.15, 0.2) is 11.5 Å². The minimum atomic E-state index is 0.364. The van der Waals surface area contributed by atoms with Gasteiger partial charge in [0, 0.05) is 12.6 Å². The normalized spacial score (nSPS) is 10.1. The van der Waals surface area contributed by atoms with Gasteiger partial charge < -0.3 is 15.2 Å². The molecule has 0 fully saturated rings. The van der Waals surface area contributed by atoms with Gasteiger partial charge in [0.2, 0.25) is 5.88 Å². The van der Waals surface area contributed by atoms with E-state index in [2.05, 4.69) is 10.2 Å². The van der Waals surface area contributed by atoms with E-state index in [9.17, 15) is 0 Å². The largest absolute Gasteiger partial charge is 0.490 e. The van der Waals surface area contributed by atoms with Crippen LogP contribution in [0.1, 0.15) is 12.6 Å². The number of aromatic nitrogens is 2. The molecule has 5 nitrogen and oxygen atoms in total. The molecule has 18 heavy (non-hydrogen) atoms. The molecule has 0 spiro atoms. The SMILES string of the molecule is CCOc1ccccc1Oc1ccc(CN)nn1.